The third-order valence-corrected chi connectivity index (χ3v) is 7.44. The van der Waals surface area contributed by atoms with Crippen molar-refractivity contribution in [1.82, 2.24) is 14.7 Å². The molecule has 0 bridgehead atoms. The van der Waals surface area contributed by atoms with Crippen molar-refractivity contribution in [3.05, 3.63) is 35.4 Å². The first kappa shape index (κ1) is 19.9. The lowest BCUT2D eigenvalue weighted by molar-refractivity contribution is -0.137. The maximum Gasteiger partial charge on any atom is 0.226 e. The molecule has 2 fully saturated rings. The summed E-state index contributed by atoms with van der Waals surface area (Å²) < 4.78 is 0. The number of fused-ring (bicyclic) bond motifs is 1. The summed E-state index contributed by atoms with van der Waals surface area (Å²) >= 11 is 0. The van der Waals surface area contributed by atoms with Crippen LogP contribution in [0.15, 0.2) is 24.3 Å². The van der Waals surface area contributed by atoms with E-state index in [0.29, 0.717) is 18.0 Å². The van der Waals surface area contributed by atoms with Crippen molar-refractivity contribution in [3.8, 4) is 0 Å². The van der Waals surface area contributed by atoms with Gasteiger partial charge in [0.25, 0.3) is 0 Å². The smallest absolute Gasteiger partial charge is 0.226 e. The molecule has 1 atom stereocenters. The molecule has 0 radical (unpaired) electrons. The lowest BCUT2D eigenvalue weighted by atomic mass is 9.92. The van der Waals surface area contributed by atoms with Crippen molar-refractivity contribution in [2.75, 3.05) is 39.3 Å². The molecule has 2 aliphatic heterocycles. The minimum atomic E-state index is 0.219. The second-order valence-corrected chi connectivity index (χ2v) is 8.94. The monoisotopic (exact) mass is 383 g/mol. The number of likely N-dealkylation sites (tertiary alicyclic amines) is 2. The van der Waals surface area contributed by atoms with E-state index in [9.17, 15) is 4.79 Å². The number of carbonyl (C=O) groups excluding carboxylic acids is 1. The van der Waals surface area contributed by atoms with Gasteiger partial charge < -0.3 is 4.90 Å². The Labute approximate surface area is 170 Å². The fraction of sp³-hybridized carbons (Fsp3) is 0.708. The number of piperidine rings is 2. The summed E-state index contributed by atoms with van der Waals surface area (Å²) in [5.74, 6) is 0.604. The number of hydrogen-bond acceptors (Lipinski definition) is 3. The van der Waals surface area contributed by atoms with E-state index in [1.807, 2.05) is 4.90 Å². The van der Waals surface area contributed by atoms with Gasteiger partial charge in [0.1, 0.15) is 0 Å². The molecule has 154 valence electrons. The number of hydrogen-bond donors (Lipinski definition) is 0. The predicted octanol–water partition coefficient (Wildman–Crippen LogP) is 3.20. The van der Waals surface area contributed by atoms with Crippen molar-refractivity contribution in [1.29, 1.82) is 0 Å². The zero-order valence-electron chi connectivity index (χ0n) is 17.8. The van der Waals surface area contributed by atoms with Gasteiger partial charge in [-0.2, -0.15) is 0 Å². The highest BCUT2D eigenvalue weighted by Crippen LogP contribution is 2.30. The molecule has 0 unspecified atom stereocenters. The first-order valence-corrected chi connectivity index (χ1v) is 11.5. The Morgan fingerprint density at radius 3 is 2.18 bits per heavy atom. The van der Waals surface area contributed by atoms with Crippen LogP contribution in [0.25, 0.3) is 0 Å². The van der Waals surface area contributed by atoms with Gasteiger partial charge in [0.2, 0.25) is 5.91 Å². The molecular formula is C24H37N3O. The van der Waals surface area contributed by atoms with Gasteiger partial charge in [-0.1, -0.05) is 24.3 Å². The Bertz CT molecular complexity index is 639. The van der Waals surface area contributed by atoms with Crippen LogP contribution in [0.5, 0.6) is 0 Å². The molecular weight excluding hydrogens is 346 g/mol. The Morgan fingerprint density at radius 1 is 0.929 bits per heavy atom. The molecule has 2 heterocycles. The van der Waals surface area contributed by atoms with Crippen molar-refractivity contribution in [3.63, 3.8) is 0 Å². The third-order valence-electron chi connectivity index (χ3n) is 7.44. The first-order chi connectivity index (χ1) is 13.7. The molecule has 0 saturated carbocycles. The van der Waals surface area contributed by atoms with E-state index in [1.54, 1.807) is 11.1 Å². The second kappa shape index (κ2) is 8.96. The van der Waals surface area contributed by atoms with Gasteiger partial charge in [-0.25, -0.2) is 0 Å². The molecule has 1 amide bonds. The molecule has 1 aromatic carbocycles. The van der Waals surface area contributed by atoms with E-state index in [-0.39, 0.29) is 5.92 Å². The molecule has 0 N–H and O–H groups in total. The average molecular weight is 384 g/mol. The van der Waals surface area contributed by atoms with Gasteiger partial charge >= 0.3 is 0 Å². The van der Waals surface area contributed by atoms with Gasteiger partial charge in [-0.05, 0) is 83.1 Å². The molecule has 4 heteroatoms. The minimum absolute atomic E-state index is 0.219. The van der Waals surface area contributed by atoms with E-state index in [0.717, 1.165) is 26.1 Å². The van der Waals surface area contributed by atoms with E-state index < -0.39 is 0 Å². The molecule has 1 aromatic rings. The lowest BCUT2D eigenvalue weighted by Crippen LogP contribution is -2.52. The van der Waals surface area contributed by atoms with E-state index in [2.05, 4.69) is 47.9 Å². The molecule has 0 aromatic heterocycles. The van der Waals surface area contributed by atoms with Crippen LogP contribution >= 0.6 is 0 Å². The standard InChI is InChI=1S/C24H37N3O/c1-3-25(4-2)24(28)21-10-7-13-27(18-21)22-11-14-26(15-12-22)23-16-19-8-5-6-9-20(19)17-23/h5-6,8-9,21-23H,3-4,7,10-18H2,1-2H3/t21-/m0/s1. The zero-order chi connectivity index (χ0) is 19.5. The van der Waals surface area contributed by atoms with Crippen LogP contribution in [0, 0.1) is 5.92 Å². The molecule has 4 rings (SSSR count). The molecule has 1 aliphatic carbocycles. The average Bonchev–Trinajstić information content (AvgIpc) is 3.19. The number of nitrogens with zero attached hydrogens (tertiary/aromatic N) is 3. The van der Waals surface area contributed by atoms with Crippen molar-refractivity contribution >= 4 is 5.91 Å². The van der Waals surface area contributed by atoms with Gasteiger partial charge in [-0.15, -0.1) is 0 Å². The summed E-state index contributed by atoms with van der Waals surface area (Å²) in [5, 5.41) is 0. The van der Waals surface area contributed by atoms with Crippen LogP contribution in [0.4, 0.5) is 0 Å². The largest absolute Gasteiger partial charge is 0.343 e. The topological polar surface area (TPSA) is 26.8 Å². The van der Waals surface area contributed by atoms with Crippen molar-refractivity contribution in [2.24, 2.45) is 5.92 Å². The summed E-state index contributed by atoms with van der Waals surface area (Å²) in [5.41, 5.74) is 3.12. The van der Waals surface area contributed by atoms with E-state index >= 15 is 0 Å². The summed E-state index contributed by atoms with van der Waals surface area (Å²) in [4.78, 5) is 20.2. The van der Waals surface area contributed by atoms with Crippen LogP contribution < -0.4 is 0 Å². The fourth-order valence-corrected chi connectivity index (χ4v) is 5.74. The van der Waals surface area contributed by atoms with Crippen LogP contribution in [0.2, 0.25) is 0 Å². The molecule has 28 heavy (non-hydrogen) atoms. The third kappa shape index (κ3) is 4.13. The number of benzene rings is 1. The lowest BCUT2D eigenvalue weighted by Gasteiger charge is -2.44. The van der Waals surface area contributed by atoms with Crippen LogP contribution in [0.3, 0.4) is 0 Å². The second-order valence-electron chi connectivity index (χ2n) is 8.94. The van der Waals surface area contributed by atoms with Gasteiger partial charge in [0.15, 0.2) is 0 Å². The quantitative estimate of drug-likeness (QED) is 0.781. The van der Waals surface area contributed by atoms with Gasteiger partial charge in [0, 0.05) is 31.7 Å². The van der Waals surface area contributed by atoms with Gasteiger partial charge in [0.05, 0.1) is 5.92 Å². The Balaban J connectivity index is 1.29. The Hall–Kier alpha value is -1.39. The summed E-state index contributed by atoms with van der Waals surface area (Å²) in [7, 11) is 0. The molecule has 2 saturated heterocycles. The van der Waals surface area contributed by atoms with E-state index in [4.69, 9.17) is 0 Å². The van der Waals surface area contributed by atoms with E-state index in [1.165, 1.54) is 51.7 Å². The van der Waals surface area contributed by atoms with Crippen LogP contribution in [0.1, 0.15) is 50.7 Å². The summed E-state index contributed by atoms with van der Waals surface area (Å²) in [6.07, 6.45) is 7.23. The van der Waals surface area contributed by atoms with Crippen molar-refractivity contribution < 1.29 is 4.79 Å². The predicted molar refractivity (Wildman–Crippen MR) is 114 cm³/mol. The maximum atomic E-state index is 12.8. The Kier molecular flexibility index (Phi) is 6.37. The first-order valence-electron chi connectivity index (χ1n) is 11.5. The highest BCUT2D eigenvalue weighted by atomic mass is 16.2. The molecule has 4 nitrogen and oxygen atoms in total. The molecule has 3 aliphatic rings. The normalized spacial score (nSPS) is 25.0. The number of rotatable bonds is 5. The minimum Gasteiger partial charge on any atom is -0.343 e. The Morgan fingerprint density at radius 2 is 1.57 bits per heavy atom. The number of amides is 1. The SMILES string of the molecule is CCN(CC)C(=O)[C@H]1CCCN(C2CCN(C3Cc4ccccc4C3)CC2)C1. The highest BCUT2D eigenvalue weighted by Gasteiger charge is 2.35. The maximum absolute atomic E-state index is 12.8. The highest BCUT2D eigenvalue weighted by molar-refractivity contribution is 5.79. The van der Waals surface area contributed by atoms with Crippen molar-refractivity contribution in [2.45, 2.75) is 64.5 Å². The van der Waals surface area contributed by atoms with Crippen LogP contribution in [-0.2, 0) is 17.6 Å². The van der Waals surface area contributed by atoms with Gasteiger partial charge in [-0.3, -0.25) is 14.6 Å². The number of carbonyl (C=O) groups is 1. The summed E-state index contributed by atoms with van der Waals surface area (Å²) in [6.45, 7) is 10.5. The fourth-order valence-electron chi connectivity index (χ4n) is 5.74. The summed E-state index contributed by atoms with van der Waals surface area (Å²) in [6, 6.07) is 10.4. The van der Waals surface area contributed by atoms with Crippen LogP contribution in [-0.4, -0.2) is 72.0 Å². The zero-order valence-corrected chi connectivity index (χ0v) is 17.8. The molecule has 0 spiro atoms.